The molecule has 7 heteroatoms. The molecular formula is C19H24N2O4S. The molecule has 0 aliphatic heterocycles. The van der Waals surface area contributed by atoms with E-state index in [1.807, 2.05) is 41.8 Å². The van der Waals surface area contributed by atoms with Gasteiger partial charge in [-0.25, -0.2) is 0 Å². The summed E-state index contributed by atoms with van der Waals surface area (Å²) in [6.45, 7) is 3.24. The van der Waals surface area contributed by atoms with Crippen LogP contribution in [0, 0.1) is 0 Å². The van der Waals surface area contributed by atoms with Crippen LogP contribution >= 0.6 is 11.3 Å². The third-order valence-corrected chi connectivity index (χ3v) is 4.63. The van der Waals surface area contributed by atoms with Crippen molar-refractivity contribution >= 4 is 23.2 Å². The fraction of sp³-hybridized carbons (Fsp3) is 0.368. The predicted octanol–water partition coefficient (Wildman–Crippen LogP) is 2.34. The van der Waals surface area contributed by atoms with Crippen molar-refractivity contribution in [2.45, 2.75) is 13.3 Å². The number of rotatable bonds is 10. The van der Waals surface area contributed by atoms with Crippen molar-refractivity contribution in [2.24, 2.45) is 0 Å². The molecule has 2 amide bonds. The number of hydrogen-bond acceptors (Lipinski definition) is 5. The molecule has 0 aliphatic carbocycles. The second-order valence-electron chi connectivity index (χ2n) is 5.64. The third-order valence-electron chi connectivity index (χ3n) is 3.75. The van der Waals surface area contributed by atoms with Crippen LogP contribution in [0.1, 0.15) is 11.8 Å². The second kappa shape index (κ2) is 10.5. The number of benzene rings is 1. The number of carbonyl (C=O) groups is 2. The number of nitrogens with one attached hydrogen (secondary N) is 1. The molecule has 0 saturated heterocycles. The lowest BCUT2D eigenvalue weighted by atomic mass is 10.3. The maximum Gasteiger partial charge on any atom is 0.225 e. The zero-order valence-corrected chi connectivity index (χ0v) is 15.9. The van der Waals surface area contributed by atoms with Crippen LogP contribution in [0.4, 0.5) is 0 Å². The van der Waals surface area contributed by atoms with Gasteiger partial charge in [-0.05, 0) is 35.7 Å². The van der Waals surface area contributed by atoms with Crippen molar-refractivity contribution in [3.05, 3.63) is 46.7 Å². The minimum atomic E-state index is -0.0455. The summed E-state index contributed by atoms with van der Waals surface area (Å²) >= 11 is 1.56. The number of thiophene rings is 1. The molecule has 1 heterocycles. The molecule has 26 heavy (non-hydrogen) atoms. The lowest BCUT2D eigenvalue weighted by molar-refractivity contribution is -0.129. The first-order valence-corrected chi connectivity index (χ1v) is 9.28. The van der Waals surface area contributed by atoms with Crippen LogP contribution in [0.25, 0.3) is 0 Å². The Morgan fingerprint density at radius 2 is 1.85 bits per heavy atom. The first-order chi connectivity index (χ1) is 12.6. The standard InChI is InChI=1S/C19H24N2O4S/c1-15(22)21(10-9-20-19(23)14-18-4-3-13-26-18)11-12-25-17-7-5-16(24-2)6-8-17/h3-8,13H,9-12,14H2,1-2H3,(H,20,23). The third kappa shape index (κ3) is 6.76. The lowest BCUT2D eigenvalue weighted by Crippen LogP contribution is -2.39. The highest BCUT2D eigenvalue weighted by Gasteiger charge is 2.10. The molecule has 0 aliphatic rings. The quantitative estimate of drug-likeness (QED) is 0.691. The van der Waals surface area contributed by atoms with Crippen LogP contribution in [0.15, 0.2) is 41.8 Å². The first kappa shape index (κ1) is 19.8. The van der Waals surface area contributed by atoms with Gasteiger partial charge in [-0.2, -0.15) is 0 Å². The summed E-state index contributed by atoms with van der Waals surface area (Å²) in [5.74, 6) is 1.40. The van der Waals surface area contributed by atoms with Crippen LogP contribution < -0.4 is 14.8 Å². The molecule has 0 unspecified atom stereocenters. The van der Waals surface area contributed by atoms with Crippen molar-refractivity contribution in [1.29, 1.82) is 0 Å². The van der Waals surface area contributed by atoms with Crippen molar-refractivity contribution in [3.63, 3.8) is 0 Å². The molecule has 0 fully saturated rings. The van der Waals surface area contributed by atoms with Gasteiger partial charge in [0.15, 0.2) is 0 Å². The summed E-state index contributed by atoms with van der Waals surface area (Å²) in [4.78, 5) is 26.3. The van der Waals surface area contributed by atoms with Crippen LogP contribution in [0.2, 0.25) is 0 Å². The van der Waals surface area contributed by atoms with Gasteiger partial charge in [0.25, 0.3) is 0 Å². The van der Waals surface area contributed by atoms with E-state index in [2.05, 4.69) is 5.32 Å². The van der Waals surface area contributed by atoms with Crippen LogP contribution in [-0.4, -0.2) is 50.1 Å². The Labute approximate surface area is 157 Å². The smallest absolute Gasteiger partial charge is 0.225 e. The van der Waals surface area contributed by atoms with E-state index in [9.17, 15) is 9.59 Å². The van der Waals surface area contributed by atoms with E-state index in [4.69, 9.17) is 9.47 Å². The Bertz CT molecular complexity index is 686. The zero-order valence-electron chi connectivity index (χ0n) is 15.1. The Morgan fingerprint density at radius 1 is 1.12 bits per heavy atom. The average Bonchev–Trinajstić information content (AvgIpc) is 3.13. The highest BCUT2D eigenvalue weighted by molar-refractivity contribution is 7.10. The number of nitrogens with zero attached hydrogens (tertiary/aromatic N) is 1. The summed E-state index contributed by atoms with van der Waals surface area (Å²) in [5, 5.41) is 4.79. The maximum absolute atomic E-state index is 11.9. The van der Waals surface area contributed by atoms with E-state index in [1.165, 1.54) is 6.92 Å². The molecule has 0 spiro atoms. The van der Waals surface area contributed by atoms with E-state index in [1.54, 1.807) is 23.3 Å². The van der Waals surface area contributed by atoms with Crippen LogP contribution in [0.3, 0.4) is 0 Å². The van der Waals surface area contributed by atoms with E-state index in [0.29, 0.717) is 32.7 Å². The average molecular weight is 376 g/mol. The van der Waals surface area contributed by atoms with E-state index in [0.717, 1.165) is 16.4 Å². The molecule has 2 aromatic rings. The number of hydrogen-bond donors (Lipinski definition) is 1. The van der Waals surface area contributed by atoms with Gasteiger partial charge in [0, 0.05) is 24.9 Å². The van der Waals surface area contributed by atoms with Gasteiger partial charge in [0.05, 0.1) is 20.1 Å². The van der Waals surface area contributed by atoms with E-state index >= 15 is 0 Å². The largest absolute Gasteiger partial charge is 0.497 e. The SMILES string of the molecule is COc1ccc(OCCN(CCNC(=O)Cc2cccs2)C(C)=O)cc1. The molecule has 6 nitrogen and oxygen atoms in total. The highest BCUT2D eigenvalue weighted by atomic mass is 32.1. The van der Waals surface area contributed by atoms with Gasteiger partial charge in [-0.3, -0.25) is 9.59 Å². The molecule has 0 saturated carbocycles. The molecule has 1 N–H and O–H groups in total. The minimum Gasteiger partial charge on any atom is -0.497 e. The molecule has 0 radical (unpaired) electrons. The number of ether oxygens (including phenoxy) is 2. The topological polar surface area (TPSA) is 67.9 Å². The number of amides is 2. The minimum absolute atomic E-state index is 0.0366. The molecule has 2 rings (SSSR count). The summed E-state index contributed by atoms with van der Waals surface area (Å²) < 4.78 is 10.7. The summed E-state index contributed by atoms with van der Waals surface area (Å²) in [6.07, 6.45) is 0.373. The normalized spacial score (nSPS) is 10.2. The van der Waals surface area contributed by atoms with Gasteiger partial charge in [0.2, 0.25) is 11.8 Å². The van der Waals surface area contributed by atoms with Gasteiger partial charge in [-0.1, -0.05) is 6.07 Å². The Kier molecular flexibility index (Phi) is 7.95. The Morgan fingerprint density at radius 3 is 2.46 bits per heavy atom. The van der Waals surface area contributed by atoms with Gasteiger partial charge < -0.3 is 19.7 Å². The van der Waals surface area contributed by atoms with E-state index < -0.39 is 0 Å². The predicted molar refractivity (Wildman–Crippen MR) is 102 cm³/mol. The van der Waals surface area contributed by atoms with Crippen LogP contribution in [-0.2, 0) is 16.0 Å². The Hall–Kier alpha value is -2.54. The summed E-state index contributed by atoms with van der Waals surface area (Å²) in [7, 11) is 1.61. The van der Waals surface area contributed by atoms with Crippen molar-refractivity contribution in [3.8, 4) is 11.5 Å². The van der Waals surface area contributed by atoms with Gasteiger partial charge >= 0.3 is 0 Å². The summed E-state index contributed by atoms with van der Waals surface area (Å²) in [5.41, 5.74) is 0. The summed E-state index contributed by atoms with van der Waals surface area (Å²) in [6, 6.07) is 11.1. The molecule has 140 valence electrons. The first-order valence-electron chi connectivity index (χ1n) is 8.40. The molecular weight excluding hydrogens is 352 g/mol. The van der Waals surface area contributed by atoms with Gasteiger partial charge in [-0.15, -0.1) is 11.3 Å². The van der Waals surface area contributed by atoms with Crippen LogP contribution in [0.5, 0.6) is 11.5 Å². The molecule has 0 bridgehead atoms. The monoisotopic (exact) mass is 376 g/mol. The zero-order chi connectivity index (χ0) is 18.8. The van der Waals surface area contributed by atoms with E-state index in [-0.39, 0.29) is 11.8 Å². The Balaban J connectivity index is 1.68. The second-order valence-corrected chi connectivity index (χ2v) is 6.67. The molecule has 0 atom stereocenters. The number of carbonyl (C=O) groups excluding carboxylic acids is 2. The molecule has 1 aromatic heterocycles. The van der Waals surface area contributed by atoms with Gasteiger partial charge in [0.1, 0.15) is 18.1 Å². The number of methoxy groups -OCH3 is 1. The lowest BCUT2D eigenvalue weighted by Gasteiger charge is -2.21. The maximum atomic E-state index is 11.9. The molecule has 1 aromatic carbocycles. The fourth-order valence-corrected chi connectivity index (χ4v) is 3.04. The van der Waals surface area contributed by atoms with Crippen molar-refractivity contribution < 1.29 is 19.1 Å². The fourth-order valence-electron chi connectivity index (χ4n) is 2.34. The van der Waals surface area contributed by atoms with Crippen molar-refractivity contribution in [1.82, 2.24) is 10.2 Å². The highest BCUT2D eigenvalue weighted by Crippen LogP contribution is 2.16. The van der Waals surface area contributed by atoms with Crippen molar-refractivity contribution in [2.75, 3.05) is 33.4 Å².